The van der Waals surface area contributed by atoms with Gasteiger partial charge in [-0.1, -0.05) is 12.1 Å². The van der Waals surface area contributed by atoms with Crippen molar-refractivity contribution in [3.8, 4) is 0 Å². The molecule has 0 saturated carbocycles. The van der Waals surface area contributed by atoms with Crippen molar-refractivity contribution in [1.82, 2.24) is 9.97 Å². The lowest BCUT2D eigenvalue weighted by molar-refractivity contribution is 0.0698. The molecular formula is C16H12N4O3. The van der Waals surface area contributed by atoms with Crippen LogP contribution in [0.3, 0.4) is 0 Å². The molecule has 4 N–H and O–H groups in total. The molecule has 2 aromatic heterocycles. The number of aromatic nitrogens is 2. The second-order valence-corrected chi connectivity index (χ2v) is 4.78. The van der Waals surface area contributed by atoms with Gasteiger partial charge in [-0.15, -0.1) is 0 Å². The third kappa shape index (κ3) is 2.44. The van der Waals surface area contributed by atoms with Crippen LogP contribution < -0.4 is 5.84 Å². The zero-order chi connectivity index (χ0) is 16.4. The summed E-state index contributed by atoms with van der Waals surface area (Å²) in [6, 6.07) is 7.91. The third-order valence-corrected chi connectivity index (χ3v) is 3.49. The van der Waals surface area contributed by atoms with Gasteiger partial charge < -0.3 is 15.9 Å². The Balaban J connectivity index is 2.14. The first-order chi connectivity index (χ1) is 11.1. The molecule has 0 spiro atoms. The van der Waals surface area contributed by atoms with Crippen LogP contribution in [0.5, 0.6) is 0 Å². The maximum atomic E-state index is 12.6. The maximum Gasteiger partial charge on any atom is 0.337 e. The van der Waals surface area contributed by atoms with Crippen LogP contribution in [0.25, 0.3) is 10.9 Å². The van der Waals surface area contributed by atoms with E-state index in [-0.39, 0.29) is 17.1 Å². The summed E-state index contributed by atoms with van der Waals surface area (Å²) in [7, 11) is 0. The molecule has 0 aliphatic rings. The predicted molar refractivity (Wildman–Crippen MR) is 84.5 cm³/mol. The van der Waals surface area contributed by atoms with E-state index >= 15 is 0 Å². The summed E-state index contributed by atoms with van der Waals surface area (Å²) in [6.45, 7) is 0. The number of hydrogen-bond donors (Lipinski definition) is 3. The molecule has 0 atom stereocenters. The zero-order valence-corrected chi connectivity index (χ0v) is 11.9. The van der Waals surface area contributed by atoms with Crippen molar-refractivity contribution in [1.29, 1.82) is 0 Å². The molecule has 0 aliphatic heterocycles. The average molecular weight is 308 g/mol. The molecule has 0 unspecified atom stereocenters. The lowest BCUT2D eigenvalue weighted by atomic mass is 10.00. The van der Waals surface area contributed by atoms with Crippen molar-refractivity contribution < 1.29 is 14.7 Å². The van der Waals surface area contributed by atoms with Crippen LogP contribution in [0.2, 0.25) is 0 Å². The molecule has 0 fully saturated rings. The van der Waals surface area contributed by atoms with Gasteiger partial charge in [0.2, 0.25) is 5.78 Å². The largest absolute Gasteiger partial charge is 0.478 e. The molecule has 0 bridgehead atoms. The minimum atomic E-state index is -1.06. The first-order valence-corrected chi connectivity index (χ1v) is 6.70. The molecule has 0 amide bonds. The normalized spacial score (nSPS) is 11.6. The van der Waals surface area contributed by atoms with E-state index in [9.17, 15) is 14.7 Å². The molecule has 0 saturated heterocycles. The quantitative estimate of drug-likeness (QED) is 0.294. The zero-order valence-electron chi connectivity index (χ0n) is 11.9. The number of Topliss-reactive ketones (excluding diaryl/α,β-unsaturated/α-hetero) is 1. The highest BCUT2D eigenvalue weighted by Crippen LogP contribution is 2.23. The Hall–Kier alpha value is -3.48. The average Bonchev–Trinajstić information content (AvgIpc) is 3.00. The molecule has 23 heavy (non-hydrogen) atoms. The molecule has 114 valence electrons. The number of aromatic amines is 1. The van der Waals surface area contributed by atoms with E-state index in [1.807, 2.05) is 0 Å². The Labute approximate surface area is 130 Å². The number of H-pyrrole nitrogens is 1. The van der Waals surface area contributed by atoms with E-state index < -0.39 is 5.97 Å². The lowest BCUT2D eigenvalue weighted by Gasteiger charge is -2.04. The fourth-order valence-corrected chi connectivity index (χ4v) is 2.42. The van der Waals surface area contributed by atoms with Gasteiger partial charge in [0.1, 0.15) is 5.71 Å². The van der Waals surface area contributed by atoms with Crippen LogP contribution in [-0.4, -0.2) is 32.5 Å². The second kappa shape index (κ2) is 5.72. The minimum absolute atomic E-state index is 0.0463. The number of nitrogens with one attached hydrogen (secondary N) is 1. The molecule has 3 aromatic rings. The number of benzene rings is 1. The van der Waals surface area contributed by atoms with Gasteiger partial charge in [-0.25, -0.2) is 4.79 Å². The number of hydrazone groups is 1. The summed E-state index contributed by atoms with van der Waals surface area (Å²) in [5.41, 5.74) is 1.42. The molecule has 7 heteroatoms. The molecule has 0 aliphatic carbocycles. The van der Waals surface area contributed by atoms with Crippen LogP contribution in [0.1, 0.15) is 26.3 Å². The summed E-state index contributed by atoms with van der Waals surface area (Å²) < 4.78 is 0. The number of carbonyl (C=O) groups excluding carboxylic acids is 1. The van der Waals surface area contributed by atoms with Gasteiger partial charge in [0.15, 0.2) is 0 Å². The van der Waals surface area contributed by atoms with Crippen molar-refractivity contribution in [3.63, 3.8) is 0 Å². The van der Waals surface area contributed by atoms with Gasteiger partial charge in [-0.05, 0) is 18.2 Å². The summed E-state index contributed by atoms with van der Waals surface area (Å²) in [5, 5.41) is 13.4. The van der Waals surface area contributed by atoms with Crippen molar-refractivity contribution in [3.05, 3.63) is 65.6 Å². The van der Waals surface area contributed by atoms with Gasteiger partial charge in [-0.2, -0.15) is 5.10 Å². The number of carboxylic acid groups (broad SMARTS) is 1. The highest BCUT2D eigenvalue weighted by Gasteiger charge is 2.21. The molecule has 3 rings (SSSR count). The van der Waals surface area contributed by atoms with E-state index in [4.69, 9.17) is 5.84 Å². The number of ketones is 1. The Kier molecular flexibility index (Phi) is 3.60. The van der Waals surface area contributed by atoms with E-state index in [1.54, 1.807) is 24.3 Å². The van der Waals surface area contributed by atoms with Gasteiger partial charge in [0.05, 0.1) is 11.1 Å². The summed E-state index contributed by atoms with van der Waals surface area (Å²) in [5.74, 6) is 3.99. The van der Waals surface area contributed by atoms with Gasteiger partial charge in [-0.3, -0.25) is 9.78 Å². The van der Waals surface area contributed by atoms with Crippen LogP contribution in [0.4, 0.5) is 0 Å². The number of fused-ring (bicyclic) bond motifs is 1. The number of carboxylic acids is 1. The van der Waals surface area contributed by atoms with Crippen molar-refractivity contribution in [2.75, 3.05) is 0 Å². The van der Waals surface area contributed by atoms with Crippen molar-refractivity contribution >= 4 is 28.4 Å². The first-order valence-electron chi connectivity index (χ1n) is 6.70. The number of para-hydroxylation sites is 1. The first kappa shape index (κ1) is 14.5. The highest BCUT2D eigenvalue weighted by atomic mass is 16.4. The molecule has 0 radical (unpaired) electrons. The Morgan fingerprint density at radius 2 is 1.87 bits per heavy atom. The maximum absolute atomic E-state index is 12.6. The van der Waals surface area contributed by atoms with Gasteiger partial charge in [0, 0.05) is 35.1 Å². The van der Waals surface area contributed by atoms with E-state index in [0.29, 0.717) is 22.0 Å². The van der Waals surface area contributed by atoms with Crippen LogP contribution in [-0.2, 0) is 0 Å². The number of nitrogens with zero attached hydrogens (tertiary/aromatic N) is 2. The highest BCUT2D eigenvalue weighted by molar-refractivity contribution is 6.53. The fourth-order valence-electron chi connectivity index (χ4n) is 2.42. The van der Waals surface area contributed by atoms with Crippen molar-refractivity contribution in [2.24, 2.45) is 10.9 Å². The Morgan fingerprint density at radius 1 is 1.13 bits per heavy atom. The van der Waals surface area contributed by atoms with Crippen molar-refractivity contribution in [2.45, 2.75) is 0 Å². The molecule has 7 nitrogen and oxygen atoms in total. The molecular weight excluding hydrogens is 296 g/mol. The lowest BCUT2D eigenvalue weighted by Crippen LogP contribution is -2.17. The monoisotopic (exact) mass is 308 g/mol. The predicted octanol–water partition coefficient (Wildman–Crippen LogP) is 1.81. The number of carbonyl (C=O) groups is 2. The number of hydrogen-bond acceptors (Lipinski definition) is 5. The SMILES string of the molecule is N/N=C(/C(=O)c1ccncc1)c1c[nH]c2c(C(=O)O)cccc12. The summed E-state index contributed by atoms with van der Waals surface area (Å²) in [6.07, 6.45) is 4.53. The fraction of sp³-hybridized carbons (Fsp3) is 0. The van der Waals surface area contributed by atoms with E-state index in [2.05, 4.69) is 15.1 Å². The minimum Gasteiger partial charge on any atom is -0.478 e. The summed E-state index contributed by atoms with van der Waals surface area (Å²) in [4.78, 5) is 30.6. The van der Waals surface area contributed by atoms with Crippen LogP contribution >= 0.6 is 0 Å². The third-order valence-electron chi connectivity index (χ3n) is 3.49. The van der Waals surface area contributed by atoms with Gasteiger partial charge in [0.25, 0.3) is 0 Å². The Bertz CT molecular complexity index is 929. The van der Waals surface area contributed by atoms with E-state index in [0.717, 1.165) is 0 Å². The summed E-state index contributed by atoms with van der Waals surface area (Å²) >= 11 is 0. The number of aromatic carboxylic acids is 1. The van der Waals surface area contributed by atoms with Crippen LogP contribution in [0.15, 0.2) is 54.0 Å². The Morgan fingerprint density at radius 3 is 2.52 bits per heavy atom. The number of rotatable bonds is 4. The van der Waals surface area contributed by atoms with Gasteiger partial charge >= 0.3 is 5.97 Å². The second-order valence-electron chi connectivity index (χ2n) is 4.78. The molecule has 2 heterocycles. The van der Waals surface area contributed by atoms with E-state index in [1.165, 1.54) is 24.7 Å². The molecule has 1 aromatic carbocycles. The smallest absolute Gasteiger partial charge is 0.337 e. The van der Waals surface area contributed by atoms with Crippen LogP contribution in [0, 0.1) is 0 Å². The number of nitrogens with two attached hydrogens (primary N) is 1. The standard InChI is InChI=1S/C16H12N4O3/c17-20-14(15(21)9-4-6-18-7-5-9)12-8-19-13-10(12)2-1-3-11(13)16(22)23/h1-8,19H,17H2,(H,22,23)/b20-14+. The number of pyridine rings is 1. The topological polar surface area (TPSA) is 121 Å².